The molecule has 0 amide bonds. The van der Waals surface area contributed by atoms with Crippen molar-refractivity contribution < 1.29 is 5.11 Å². The fourth-order valence-electron chi connectivity index (χ4n) is 2.75. The van der Waals surface area contributed by atoms with Gasteiger partial charge in [-0.3, -0.25) is 0 Å². The van der Waals surface area contributed by atoms with Gasteiger partial charge in [0.1, 0.15) is 5.75 Å². The summed E-state index contributed by atoms with van der Waals surface area (Å²) in [4.78, 5) is 0. The number of nitrogens with one attached hydrogen (secondary N) is 1. The molecule has 0 bridgehead atoms. The summed E-state index contributed by atoms with van der Waals surface area (Å²) in [6.07, 6.45) is 1.58. The number of nitrogens with zero attached hydrogens (tertiary/aromatic N) is 3. The Balaban J connectivity index is 1.83. The van der Waals surface area contributed by atoms with Gasteiger partial charge in [-0.05, 0) is 41.2 Å². The zero-order valence-corrected chi connectivity index (χ0v) is 15.0. The summed E-state index contributed by atoms with van der Waals surface area (Å²) in [7, 11) is 0. The van der Waals surface area contributed by atoms with E-state index in [2.05, 4.69) is 15.3 Å². The van der Waals surface area contributed by atoms with Crippen LogP contribution in [-0.4, -0.2) is 26.2 Å². The highest BCUT2D eigenvalue weighted by atomic mass is 35.5. The van der Waals surface area contributed by atoms with E-state index >= 15 is 0 Å². The minimum absolute atomic E-state index is 0.145. The van der Waals surface area contributed by atoms with Crippen molar-refractivity contribution in [3.63, 3.8) is 0 Å². The molecule has 0 aliphatic heterocycles. The van der Waals surface area contributed by atoms with Crippen molar-refractivity contribution in [3.05, 3.63) is 76.0 Å². The smallest absolute Gasteiger partial charge is 0.216 e. The summed E-state index contributed by atoms with van der Waals surface area (Å²) in [5, 5.41) is 24.2. The van der Waals surface area contributed by atoms with Crippen LogP contribution in [0.15, 0.2) is 65.8 Å². The standard InChI is InChI=1S/C19H13ClN4OS/c20-14-6-3-5-13(10-14)18-22-23-19(26)24(18)21-11-16-15-7-2-1-4-12(15)8-9-17(16)25/h1-11,25H,(H,23,26)/b21-11-. The zero-order chi connectivity index (χ0) is 18.1. The van der Waals surface area contributed by atoms with Crippen LogP contribution in [0.2, 0.25) is 5.02 Å². The first kappa shape index (κ1) is 16.5. The first-order chi connectivity index (χ1) is 12.6. The molecule has 26 heavy (non-hydrogen) atoms. The summed E-state index contributed by atoms with van der Waals surface area (Å²) in [5.74, 6) is 0.681. The van der Waals surface area contributed by atoms with Crippen molar-refractivity contribution in [2.24, 2.45) is 5.10 Å². The van der Waals surface area contributed by atoms with Crippen LogP contribution in [-0.2, 0) is 0 Å². The Hall–Kier alpha value is -2.96. The first-order valence-corrected chi connectivity index (χ1v) is 8.60. The molecule has 3 aromatic carbocycles. The lowest BCUT2D eigenvalue weighted by Crippen LogP contribution is -1.96. The van der Waals surface area contributed by atoms with Crippen LogP contribution < -0.4 is 0 Å². The number of rotatable bonds is 3. The van der Waals surface area contributed by atoms with E-state index in [4.69, 9.17) is 23.8 Å². The fourth-order valence-corrected chi connectivity index (χ4v) is 3.12. The molecule has 0 spiro atoms. The number of aromatic nitrogens is 3. The van der Waals surface area contributed by atoms with Gasteiger partial charge in [-0.15, -0.1) is 0 Å². The van der Waals surface area contributed by atoms with Crippen molar-refractivity contribution in [1.29, 1.82) is 0 Å². The van der Waals surface area contributed by atoms with Gasteiger partial charge < -0.3 is 5.11 Å². The lowest BCUT2D eigenvalue weighted by atomic mass is 10.0. The highest BCUT2D eigenvalue weighted by Gasteiger charge is 2.09. The predicted octanol–water partition coefficient (Wildman–Crippen LogP) is 5.00. The van der Waals surface area contributed by atoms with Gasteiger partial charge in [-0.2, -0.15) is 14.9 Å². The Morgan fingerprint density at radius 2 is 1.96 bits per heavy atom. The number of hydrogen-bond acceptors (Lipinski definition) is 4. The molecular weight excluding hydrogens is 368 g/mol. The van der Waals surface area contributed by atoms with Gasteiger partial charge in [-0.1, -0.05) is 54.1 Å². The number of benzene rings is 3. The number of hydrogen-bond donors (Lipinski definition) is 2. The molecule has 1 aromatic heterocycles. The van der Waals surface area contributed by atoms with Gasteiger partial charge in [0.2, 0.25) is 4.77 Å². The summed E-state index contributed by atoms with van der Waals surface area (Å²) < 4.78 is 1.85. The second-order valence-corrected chi connectivity index (χ2v) is 6.46. The van der Waals surface area contributed by atoms with E-state index in [9.17, 15) is 5.11 Å². The third-order valence-corrected chi connectivity index (χ3v) is 4.48. The number of fused-ring (bicyclic) bond motifs is 1. The summed E-state index contributed by atoms with van der Waals surface area (Å²) >= 11 is 11.4. The van der Waals surface area contributed by atoms with Gasteiger partial charge in [0.25, 0.3) is 0 Å². The molecule has 0 atom stereocenters. The molecule has 128 valence electrons. The Morgan fingerprint density at radius 1 is 1.12 bits per heavy atom. The molecule has 0 aliphatic carbocycles. The molecule has 0 saturated heterocycles. The third-order valence-electron chi connectivity index (χ3n) is 3.98. The number of aromatic amines is 1. The fraction of sp³-hybridized carbons (Fsp3) is 0. The molecule has 1 heterocycles. The van der Waals surface area contributed by atoms with E-state index < -0.39 is 0 Å². The van der Waals surface area contributed by atoms with E-state index in [0.717, 1.165) is 16.3 Å². The van der Waals surface area contributed by atoms with Crippen LogP contribution in [0.25, 0.3) is 22.2 Å². The minimum atomic E-state index is 0.145. The molecule has 4 aromatic rings. The van der Waals surface area contributed by atoms with Crippen LogP contribution in [0.4, 0.5) is 0 Å². The normalized spacial score (nSPS) is 11.4. The molecular formula is C19H13ClN4OS. The summed E-state index contributed by atoms with van der Waals surface area (Å²) in [6.45, 7) is 0. The van der Waals surface area contributed by atoms with E-state index in [1.807, 2.05) is 42.5 Å². The van der Waals surface area contributed by atoms with Crippen molar-refractivity contribution in [3.8, 4) is 17.1 Å². The van der Waals surface area contributed by atoms with E-state index in [-0.39, 0.29) is 5.75 Å². The third kappa shape index (κ3) is 3.00. The molecule has 7 heteroatoms. The predicted molar refractivity (Wildman–Crippen MR) is 106 cm³/mol. The Morgan fingerprint density at radius 3 is 2.81 bits per heavy atom. The van der Waals surface area contributed by atoms with E-state index in [1.165, 1.54) is 4.68 Å². The maximum atomic E-state index is 10.3. The minimum Gasteiger partial charge on any atom is -0.507 e. The highest BCUT2D eigenvalue weighted by Crippen LogP contribution is 2.26. The second kappa shape index (κ2) is 6.74. The summed E-state index contributed by atoms with van der Waals surface area (Å²) in [5.41, 5.74) is 1.40. The lowest BCUT2D eigenvalue weighted by Gasteiger charge is -2.05. The lowest BCUT2D eigenvalue weighted by molar-refractivity contribution is 0.475. The zero-order valence-electron chi connectivity index (χ0n) is 13.4. The van der Waals surface area contributed by atoms with Gasteiger partial charge in [-0.25, -0.2) is 5.10 Å². The van der Waals surface area contributed by atoms with Crippen molar-refractivity contribution in [2.75, 3.05) is 0 Å². The SMILES string of the molecule is Oc1ccc2ccccc2c1/C=N\n1c(-c2cccc(Cl)c2)n[nH]c1=S. The molecule has 2 N–H and O–H groups in total. The quantitative estimate of drug-likeness (QED) is 0.388. The molecule has 0 saturated carbocycles. The van der Waals surface area contributed by atoms with E-state index in [0.29, 0.717) is 21.2 Å². The van der Waals surface area contributed by atoms with Crippen molar-refractivity contribution in [1.82, 2.24) is 14.9 Å². The number of aromatic hydroxyl groups is 1. The van der Waals surface area contributed by atoms with Crippen LogP contribution >= 0.6 is 23.8 Å². The van der Waals surface area contributed by atoms with Crippen LogP contribution in [0.3, 0.4) is 0 Å². The molecule has 0 radical (unpaired) electrons. The average molecular weight is 381 g/mol. The van der Waals surface area contributed by atoms with Gasteiger partial charge >= 0.3 is 0 Å². The van der Waals surface area contributed by atoms with Crippen LogP contribution in [0.5, 0.6) is 5.75 Å². The molecule has 0 unspecified atom stereocenters. The average Bonchev–Trinajstić information content (AvgIpc) is 3.01. The molecule has 0 aliphatic rings. The van der Waals surface area contributed by atoms with Gasteiger partial charge in [0.05, 0.1) is 6.21 Å². The number of halogens is 1. The van der Waals surface area contributed by atoms with Crippen LogP contribution in [0, 0.1) is 4.77 Å². The van der Waals surface area contributed by atoms with Gasteiger partial charge in [0.15, 0.2) is 5.82 Å². The molecule has 5 nitrogen and oxygen atoms in total. The Kier molecular flexibility index (Phi) is 4.28. The number of phenolic OH excluding ortho intramolecular Hbond substituents is 1. The van der Waals surface area contributed by atoms with Crippen LogP contribution in [0.1, 0.15) is 5.56 Å². The highest BCUT2D eigenvalue weighted by molar-refractivity contribution is 7.71. The topological polar surface area (TPSA) is 66.2 Å². The second-order valence-electron chi connectivity index (χ2n) is 5.64. The van der Waals surface area contributed by atoms with Gasteiger partial charge in [0, 0.05) is 16.1 Å². The maximum absolute atomic E-state index is 10.3. The largest absolute Gasteiger partial charge is 0.507 e. The first-order valence-electron chi connectivity index (χ1n) is 7.82. The molecule has 0 fully saturated rings. The van der Waals surface area contributed by atoms with E-state index in [1.54, 1.807) is 24.4 Å². The molecule has 4 rings (SSSR count). The summed E-state index contributed by atoms with van der Waals surface area (Å²) in [6, 6.07) is 18.6. The van der Waals surface area contributed by atoms with Crippen molar-refractivity contribution in [2.45, 2.75) is 0 Å². The number of phenols is 1. The maximum Gasteiger partial charge on any atom is 0.216 e. The Labute approximate surface area is 159 Å². The monoisotopic (exact) mass is 380 g/mol. The Bertz CT molecular complexity index is 1200. The number of H-pyrrole nitrogens is 1. The van der Waals surface area contributed by atoms with Crippen molar-refractivity contribution >= 4 is 40.8 Å².